The van der Waals surface area contributed by atoms with Crippen LogP contribution in [-0.4, -0.2) is 23.4 Å². The summed E-state index contributed by atoms with van der Waals surface area (Å²) >= 11 is 0. The van der Waals surface area contributed by atoms with Crippen LogP contribution < -0.4 is 0 Å². The largest absolute Gasteiger partial charge is 0.390 e. The monoisotopic (exact) mass is 254 g/mol. The van der Waals surface area contributed by atoms with E-state index in [9.17, 15) is 9.50 Å². The molecular formula is C15H23FO2. The summed E-state index contributed by atoms with van der Waals surface area (Å²) in [7, 11) is 1.66. The van der Waals surface area contributed by atoms with Crippen molar-refractivity contribution in [3.8, 4) is 0 Å². The Bertz CT molecular complexity index is 386. The van der Waals surface area contributed by atoms with Crippen molar-refractivity contribution in [2.75, 3.05) is 7.11 Å². The minimum absolute atomic E-state index is 0.260. The van der Waals surface area contributed by atoms with Gasteiger partial charge in [-0.05, 0) is 45.2 Å². The molecule has 102 valence electrons. The first-order valence-electron chi connectivity index (χ1n) is 6.27. The molecule has 0 aliphatic rings. The van der Waals surface area contributed by atoms with Crippen molar-refractivity contribution in [3.05, 3.63) is 35.6 Å². The maximum Gasteiger partial charge on any atom is 0.126 e. The van der Waals surface area contributed by atoms with Crippen molar-refractivity contribution in [3.63, 3.8) is 0 Å². The summed E-state index contributed by atoms with van der Waals surface area (Å²) in [4.78, 5) is 0. The van der Waals surface area contributed by atoms with Crippen LogP contribution >= 0.6 is 0 Å². The molecule has 0 aliphatic carbocycles. The molecule has 0 radical (unpaired) electrons. The van der Waals surface area contributed by atoms with Crippen molar-refractivity contribution >= 4 is 0 Å². The molecule has 3 heteroatoms. The number of halogens is 1. The zero-order chi connectivity index (χ0) is 13.8. The average Bonchev–Trinajstić information content (AvgIpc) is 2.30. The molecule has 0 saturated heterocycles. The molecule has 0 fully saturated rings. The lowest BCUT2D eigenvalue weighted by molar-refractivity contribution is -0.0191. The predicted molar refractivity (Wildman–Crippen MR) is 71.0 cm³/mol. The van der Waals surface area contributed by atoms with Gasteiger partial charge >= 0.3 is 0 Å². The third-order valence-corrected chi connectivity index (χ3v) is 3.35. The molecule has 1 unspecified atom stereocenters. The molecule has 0 amide bonds. The van der Waals surface area contributed by atoms with E-state index in [1.807, 2.05) is 13.8 Å². The van der Waals surface area contributed by atoms with Gasteiger partial charge < -0.3 is 9.84 Å². The van der Waals surface area contributed by atoms with Gasteiger partial charge in [-0.25, -0.2) is 4.39 Å². The fourth-order valence-corrected chi connectivity index (χ4v) is 1.81. The van der Waals surface area contributed by atoms with Gasteiger partial charge in [0.1, 0.15) is 5.82 Å². The van der Waals surface area contributed by atoms with Crippen molar-refractivity contribution in [2.45, 2.75) is 51.2 Å². The highest BCUT2D eigenvalue weighted by Gasteiger charge is 2.26. The molecule has 0 heterocycles. The number of hydrogen-bond acceptors (Lipinski definition) is 2. The molecule has 0 spiro atoms. The highest BCUT2D eigenvalue weighted by Crippen LogP contribution is 2.25. The topological polar surface area (TPSA) is 29.5 Å². The summed E-state index contributed by atoms with van der Waals surface area (Å²) in [5.41, 5.74) is -0.630. The normalized spacial score (nSPS) is 15.4. The third kappa shape index (κ3) is 4.75. The molecule has 18 heavy (non-hydrogen) atoms. The van der Waals surface area contributed by atoms with E-state index in [4.69, 9.17) is 4.74 Å². The summed E-state index contributed by atoms with van der Waals surface area (Å²) in [6.45, 7) is 5.70. The lowest BCUT2D eigenvalue weighted by Crippen LogP contribution is -2.32. The van der Waals surface area contributed by atoms with Crippen LogP contribution in [0, 0.1) is 5.82 Å². The van der Waals surface area contributed by atoms with Gasteiger partial charge in [0.05, 0.1) is 11.2 Å². The van der Waals surface area contributed by atoms with Gasteiger partial charge in [-0.1, -0.05) is 18.2 Å². The number of rotatable bonds is 6. The molecule has 2 nitrogen and oxygen atoms in total. The number of benzene rings is 1. The van der Waals surface area contributed by atoms with Crippen LogP contribution in [0.4, 0.5) is 4.39 Å². The Morgan fingerprint density at radius 3 is 2.33 bits per heavy atom. The van der Waals surface area contributed by atoms with Gasteiger partial charge in [-0.15, -0.1) is 0 Å². The molecule has 1 atom stereocenters. The van der Waals surface area contributed by atoms with Crippen LogP contribution in [0.25, 0.3) is 0 Å². The first-order valence-corrected chi connectivity index (χ1v) is 6.27. The molecule has 0 aliphatic heterocycles. The average molecular weight is 254 g/mol. The Morgan fingerprint density at radius 2 is 1.78 bits per heavy atom. The Labute approximate surface area is 109 Å². The smallest absolute Gasteiger partial charge is 0.126 e. The molecule has 0 aromatic heterocycles. The van der Waals surface area contributed by atoms with E-state index >= 15 is 0 Å². The summed E-state index contributed by atoms with van der Waals surface area (Å²) in [5.74, 6) is -0.260. The maximum absolute atomic E-state index is 13.5. The fourth-order valence-electron chi connectivity index (χ4n) is 1.81. The van der Waals surface area contributed by atoms with Gasteiger partial charge in [-0.2, -0.15) is 0 Å². The van der Waals surface area contributed by atoms with Gasteiger partial charge in [0, 0.05) is 13.5 Å². The number of aliphatic hydroxyl groups is 1. The summed E-state index contributed by atoms with van der Waals surface area (Å²) < 4.78 is 18.8. The summed E-state index contributed by atoms with van der Waals surface area (Å²) in [6.07, 6.45) is 1.62. The van der Waals surface area contributed by atoms with Crippen molar-refractivity contribution in [1.82, 2.24) is 0 Å². The zero-order valence-corrected chi connectivity index (χ0v) is 11.7. The Morgan fingerprint density at radius 1 is 1.17 bits per heavy atom. The van der Waals surface area contributed by atoms with Crippen molar-refractivity contribution in [1.29, 1.82) is 0 Å². The highest BCUT2D eigenvalue weighted by molar-refractivity contribution is 5.19. The second-order valence-electron chi connectivity index (χ2n) is 5.73. The Kier molecular flexibility index (Phi) is 4.88. The Balaban J connectivity index is 2.62. The first-order chi connectivity index (χ1) is 8.26. The van der Waals surface area contributed by atoms with E-state index in [0.29, 0.717) is 18.4 Å². The molecule has 1 N–H and O–H groups in total. The molecule has 0 saturated carbocycles. The molecule has 1 aromatic carbocycles. The molecular weight excluding hydrogens is 231 g/mol. The third-order valence-electron chi connectivity index (χ3n) is 3.35. The first kappa shape index (κ1) is 15.1. The van der Waals surface area contributed by atoms with Gasteiger partial charge in [0.2, 0.25) is 0 Å². The van der Waals surface area contributed by atoms with Gasteiger partial charge in [0.25, 0.3) is 0 Å². The van der Waals surface area contributed by atoms with Crippen molar-refractivity contribution in [2.24, 2.45) is 0 Å². The Hall–Kier alpha value is -0.930. The highest BCUT2D eigenvalue weighted by atomic mass is 19.1. The lowest BCUT2D eigenvalue weighted by Gasteiger charge is -2.29. The second-order valence-corrected chi connectivity index (χ2v) is 5.73. The van der Waals surface area contributed by atoms with E-state index in [1.165, 1.54) is 6.07 Å². The SMILES string of the molecule is COC(C)(C)CCC(C)(O)Cc1ccccc1F. The lowest BCUT2D eigenvalue weighted by atomic mass is 9.87. The zero-order valence-electron chi connectivity index (χ0n) is 11.7. The second kappa shape index (κ2) is 5.81. The van der Waals surface area contributed by atoms with E-state index in [2.05, 4.69) is 0 Å². The van der Waals surface area contributed by atoms with Crippen LogP contribution in [0.1, 0.15) is 39.2 Å². The molecule has 1 rings (SSSR count). The fraction of sp³-hybridized carbons (Fsp3) is 0.600. The number of methoxy groups -OCH3 is 1. The minimum atomic E-state index is -0.919. The van der Waals surface area contributed by atoms with Gasteiger partial charge in [-0.3, -0.25) is 0 Å². The quantitative estimate of drug-likeness (QED) is 0.843. The predicted octanol–water partition coefficient (Wildman–Crippen LogP) is 3.32. The van der Waals surface area contributed by atoms with Crippen LogP contribution in [0.5, 0.6) is 0 Å². The van der Waals surface area contributed by atoms with E-state index in [-0.39, 0.29) is 11.4 Å². The van der Waals surface area contributed by atoms with Crippen molar-refractivity contribution < 1.29 is 14.2 Å². The summed E-state index contributed by atoms with van der Waals surface area (Å²) in [6, 6.07) is 6.57. The standard InChI is InChI=1S/C15H23FO2/c1-14(2,18-4)9-10-15(3,17)11-12-7-5-6-8-13(12)16/h5-8,17H,9-11H2,1-4H3. The van der Waals surface area contributed by atoms with E-state index in [1.54, 1.807) is 32.2 Å². The van der Waals surface area contributed by atoms with Crippen LogP contribution in [-0.2, 0) is 11.2 Å². The maximum atomic E-state index is 13.5. The van der Waals surface area contributed by atoms with Crippen LogP contribution in [0.2, 0.25) is 0 Å². The van der Waals surface area contributed by atoms with Crippen LogP contribution in [0.15, 0.2) is 24.3 Å². The van der Waals surface area contributed by atoms with Crippen LogP contribution in [0.3, 0.4) is 0 Å². The van der Waals surface area contributed by atoms with E-state index in [0.717, 1.165) is 6.42 Å². The summed E-state index contributed by atoms with van der Waals surface area (Å²) in [5, 5.41) is 10.3. The molecule has 0 bridgehead atoms. The molecule has 1 aromatic rings. The number of ether oxygens (including phenoxy) is 1. The van der Waals surface area contributed by atoms with E-state index < -0.39 is 5.60 Å². The number of hydrogen-bond donors (Lipinski definition) is 1. The minimum Gasteiger partial charge on any atom is -0.390 e. The van der Waals surface area contributed by atoms with Gasteiger partial charge in [0.15, 0.2) is 0 Å².